The zero-order valence-corrected chi connectivity index (χ0v) is 14.1. The van der Waals surface area contributed by atoms with Crippen LogP contribution in [0.4, 0.5) is 0 Å². The Morgan fingerprint density at radius 1 is 1.25 bits per heavy atom. The lowest BCUT2D eigenvalue weighted by atomic mass is 10.1. The first-order valence-corrected chi connectivity index (χ1v) is 8.59. The van der Waals surface area contributed by atoms with Crippen molar-refractivity contribution in [2.75, 3.05) is 0 Å². The van der Waals surface area contributed by atoms with E-state index in [9.17, 15) is 9.59 Å². The van der Waals surface area contributed by atoms with Crippen molar-refractivity contribution in [2.45, 2.75) is 13.0 Å². The number of thiazole rings is 1. The predicted octanol–water partition coefficient (Wildman–Crippen LogP) is 2.85. The van der Waals surface area contributed by atoms with E-state index in [-0.39, 0.29) is 11.6 Å². The van der Waals surface area contributed by atoms with Crippen molar-refractivity contribution in [3.05, 3.63) is 51.3 Å². The third-order valence-corrected chi connectivity index (χ3v) is 4.95. The van der Waals surface area contributed by atoms with Crippen LogP contribution in [0.25, 0.3) is 11.3 Å². The molecule has 0 saturated carbocycles. The molecule has 0 fully saturated rings. The van der Waals surface area contributed by atoms with Gasteiger partial charge in [-0.3, -0.25) is 4.79 Å². The molecule has 0 spiro atoms. The van der Waals surface area contributed by atoms with E-state index in [1.807, 2.05) is 30.3 Å². The Bertz CT molecular complexity index is 876. The Kier molecular flexibility index (Phi) is 4.63. The molecule has 1 unspecified atom stereocenters. The van der Waals surface area contributed by atoms with Crippen LogP contribution < -0.4 is 5.32 Å². The summed E-state index contributed by atoms with van der Waals surface area (Å²) in [6.07, 6.45) is 0. The fourth-order valence-corrected chi connectivity index (χ4v) is 3.42. The molecule has 0 radical (unpaired) electrons. The molecule has 9 heteroatoms. The number of aromatic carboxylic acids is 1. The number of amides is 1. The standard InChI is InChI=1S/C15H12N4O3S2/c1-8(14-17-10(7-23-14)15(21)22)16-13(20)12-11(18-19-24-12)9-5-3-2-4-6-9/h2-8H,1H3,(H,16,20)(H,21,22). The minimum atomic E-state index is -1.09. The first-order valence-electron chi connectivity index (χ1n) is 6.93. The van der Waals surface area contributed by atoms with Crippen LogP contribution >= 0.6 is 22.9 Å². The summed E-state index contributed by atoms with van der Waals surface area (Å²) in [6.45, 7) is 1.75. The molecular formula is C15H12N4O3S2. The monoisotopic (exact) mass is 360 g/mol. The van der Waals surface area contributed by atoms with Crippen molar-refractivity contribution in [1.29, 1.82) is 0 Å². The summed E-state index contributed by atoms with van der Waals surface area (Å²) >= 11 is 2.21. The molecule has 0 aliphatic rings. The van der Waals surface area contributed by atoms with Gasteiger partial charge in [0.15, 0.2) is 5.69 Å². The molecule has 2 aromatic heterocycles. The first kappa shape index (κ1) is 16.2. The van der Waals surface area contributed by atoms with Crippen molar-refractivity contribution in [3.63, 3.8) is 0 Å². The van der Waals surface area contributed by atoms with Crippen molar-refractivity contribution >= 4 is 34.7 Å². The molecule has 0 bridgehead atoms. The molecule has 3 rings (SSSR count). The number of carboxylic acid groups (broad SMARTS) is 1. The average molecular weight is 360 g/mol. The summed E-state index contributed by atoms with van der Waals surface area (Å²) in [6, 6.07) is 8.91. The number of benzene rings is 1. The quantitative estimate of drug-likeness (QED) is 0.725. The maximum absolute atomic E-state index is 12.5. The van der Waals surface area contributed by atoms with Crippen LogP contribution in [0.3, 0.4) is 0 Å². The maximum Gasteiger partial charge on any atom is 0.355 e. The Hall–Kier alpha value is -2.65. The molecule has 0 aliphatic carbocycles. The summed E-state index contributed by atoms with van der Waals surface area (Å²) < 4.78 is 3.87. The molecule has 3 aromatic rings. The number of nitrogens with zero attached hydrogens (tertiary/aromatic N) is 3. The minimum Gasteiger partial charge on any atom is -0.476 e. The second kappa shape index (κ2) is 6.85. The fourth-order valence-electron chi connectivity index (χ4n) is 2.03. The van der Waals surface area contributed by atoms with Gasteiger partial charge in [-0.05, 0) is 18.5 Å². The number of nitrogens with one attached hydrogen (secondary N) is 1. The van der Waals surface area contributed by atoms with Gasteiger partial charge in [-0.2, -0.15) is 0 Å². The van der Waals surface area contributed by atoms with Crippen LogP contribution in [0.15, 0.2) is 35.7 Å². The first-order chi connectivity index (χ1) is 11.6. The smallest absolute Gasteiger partial charge is 0.355 e. The highest BCUT2D eigenvalue weighted by Crippen LogP contribution is 2.25. The molecule has 122 valence electrons. The fraction of sp³-hybridized carbons (Fsp3) is 0.133. The van der Waals surface area contributed by atoms with E-state index in [2.05, 4.69) is 19.9 Å². The van der Waals surface area contributed by atoms with E-state index in [4.69, 9.17) is 5.11 Å². The molecule has 1 aromatic carbocycles. The van der Waals surface area contributed by atoms with Crippen molar-refractivity contribution in [2.24, 2.45) is 0 Å². The van der Waals surface area contributed by atoms with Crippen molar-refractivity contribution in [1.82, 2.24) is 19.9 Å². The largest absolute Gasteiger partial charge is 0.476 e. The van der Waals surface area contributed by atoms with Crippen LogP contribution in [0.1, 0.15) is 38.1 Å². The normalized spacial score (nSPS) is 11.9. The van der Waals surface area contributed by atoms with Crippen LogP contribution in [0.5, 0.6) is 0 Å². The minimum absolute atomic E-state index is 0.0273. The van der Waals surface area contributed by atoms with Gasteiger partial charge in [0.25, 0.3) is 5.91 Å². The molecule has 1 amide bonds. The van der Waals surface area contributed by atoms with Gasteiger partial charge in [0, 0.05) is 10.9 Å². The van der Waals surface area contributed by atoms with Crippen LogP contribution in [0.2, 0.25) is 0 Å². The Morgan fingerprint density at radius 3 is 2.67 bits per heavy atom. The maximum atomic E-state index is 12.5. The third kappa shape index (κ3) is 3.31. The van der Waals surface area contributed by atoms with Crippen molar-refractivity contribution < 1.29 is 14.7 Å². The van der Waals surface area contributed by atoms with Gasteiger partial charge >= 0.3 is 5.97 Å². The molecular weight excluding hydrogens is 348 g/mol. The summed E-state index contributed by atoms with van der Waals surface area (Å²) in [5, 5.41) is 17.7. The molecule has 1 atom stereocenters. The molecule has 2 heterocycles. The summed E-state index contributed by atoms with van der Waals surface area (Å²) in [4.78, 5) is 27.8. The highest BCUT2D eigenvalue weighted by molar-refractivity contribution is 7.10. The van der Waals surface area contributed by atoms with E-state index < -0.39 is 12.0 Å². The number of carbonyl (C=O) groups excluding carboxylic acids is 1. The summed E-state index contributed by atoms with van der Waals surface area (Å²) in [5.41, 5.74) is 1.31. The second-order valence-corrected chi connectivity index (χ2v) is 6.53. The topological polar surface area (TPSA) is 105 Å². The van der Waals surface area contributed by atoms with E-state index >= 15 is 0 Å². The van der Waals surface area contributed by atoms with Crippen molar-refractivity contribution in [3.8, 4) is 11.3 Å². The number of hydrogen-bond donors (Lipinski definition) is 2. The highest BCUT2D eigenvalue weighted by Gasteiger charge is 2.21. The number of carbonyl (C=O) groups is 2. The Labute approximate surface area is 145 Å². The average Bonchev–Trinajstić information content (AvgIpc) is 3.25. The molecule has 2 N–H and O–H groups in total. The van der Waals surface area contributed by atoms with Crippen LogP contribution in [0, 0.1) is 0 Å². The third-order valence-electron chi connectivity index (χ3n) is 3.20. The van der Waals surface area contributed by atoms with Crippen LogP contribution in [-0.2, 0) is 0 Å². The predicted molar refractivity (Wildman–Crippen MR) is 90.3 cm³/mol. The second-order valence-electron chi connectivity index (χ2n) is 4.89. The number of aromatic nitrogens is 3. The Morgan fingerprint density at radius 2 is 2.00 bits per heavy atom. The summed E-state index contributed by atoms with van der Waals surface area (Å²) in [7, 11) is 0. The van der Waals surface area contributed by atoms with E-state index in [0.29, 0.717) is 15.6 Å². The van der Waals surface area contributed by atoms with Gasteiger partial charge in [0.1, 0.15) is 15.6 Å². The van der Waals surface area contributed by atoms with Gasteiger partial charge in [0.2, 0.25) is 0 Å². The SMILES string of the molecule is CC(NC(=O)c1snnc1-c1ccccc1)c1nc(C(=O)O)cs1. The number of rotatable bonds is 5. The lowest BCUT2D eigenvalue weighted by Gasteiger charge is -2.10. The van der Waals surface area contributed by atoms with Gasteiger partial charge < -0.3 is 10.4 Å². The van der Waals surface area contributed by atoms with Gasteiger partial charge in [-0.15, -0.1) is 16.4 Å². The van der Waals surface area contributed by atoms with E-state index in [1.54, 1.807) is 6.92 Å². The highest BCUT2D eigenvalue weighted by atomic mass is 32.1. The van der Waals surface area contributed by atoms with Gasteiger partial charge in [-0.1, -0.05) is 34.8 Å². The van der Waals surface area contributed by atoms with Crippen LogP contribution in [-0.4, -0.2) is 31.6 Å². The summed E-state index contributed by atoms with van der Waals surface area (Å²) in [5.74, 6) is -1.41. The number of hydrogen-bond acceptors (Lipinski definition) is 7. The lowest BCUT2D eigenvalue weighted by Crippen LogP contribution is -2.26. The molecule has 24 heavy (non-hydrogen) atoms. The Balaban J connectivity index is 1.78. The molecule has 0 aliphatic heterocycles. The van der Waals surface area contributed by atoms with E-state index in [0.717, 1.165) is 17.1 Å². The zero-order valence-electron chi connectivity index (χ0n) is 12.5. The molecule has 7 nitrogen and oxygen atoms in total. The molecule has 0 saturated heterocycles. The zero-order chi connectivity index (χ0) is 17.1. The van der Waals surface area contributed by atoms with Gasteiger partial charge in [-0.25, -0.2) is 9.78 Å². The van der Waals surface area contributed by atoms with E-state index in [1.165, 1.54) is 16.7 Å². The van der Waals surface area contributed by atoms with Gasteiger partial charge in [0.05, 0.1) is 6.04 Å². The number of carboxylic acids is 1. The lowest BCUT2D eigenvalue weighted by molar-refractivity contribution is 0.0691.